The third-order valence-corrected chi connectivity index (χ3v) is 4.85. The smallest absolute Gasteiger partial charge is 0.167 e. The minimum Gasteiger partial charge on any atom is -0.486 e. The Kier molecular flexibility index (Phi) is 8.22. The Bertz CT molecular complexity index is 1060. The van der Waals surface area contributed by atoms with Gasteiger partial charge in [0.2, 0.25) is 0 Å². The largest absolute Gasteiger partial charge is 0.486 e. The van der Waals surface area contributed by atoms with Crippen LogP contribution in [0.2, 0.25) is 0 Å². The van der Waals surface area contributed by atoms with Crippen LogP contribution in [0, 0.1) is 11.6 Å². The van der Waals surface area contributed by atoms with Crippen molar-refractivity contribution < 1.29 is 18.6 Å². The number of nitrogens with zero attached hydrogens (tertiary/aromatic N) is 2. The summed E-state index contributed by atoms with van der Waals surface area (Å²) in [6, 6.07) is 10.1. The molecule has 1 unspecified atom stereocenters. The number of halogens is 2. The van der Waals surface area contributed by atoms with Gasteiger partial charge in [0.05, 0.1) is 18.5 Å². The highest BCUT2D eigenvalue weighted by Gasteiger charge is 2.14. The summed E-state index contributed by atoms with van der Waals surface area (Å²) in [5.41, 5.74) is 1.70. The van der Waals surface area contributed by atoms with E-state index in [9.17, 15) is 13.9 Å². The van der Waals surface area contributed by atoms with Crippen LogP contribution in [-0.2, 0) is 0 Å². The number of unbranched alkanes of at least 4 members (excludes halogenated alkanes) is 1. The average molecular weight is 437 g/mol. The minimum absolute atomic E-state index is 0.189. The van der Waals surface area contributed by atoms with Gasteiger partial charge in [-0.2, -0.15) is 0 Å². The van der Waals surface area contributed by atoms with E-state index < -0.39 is 11.6 Å². The van der Waals surface area contributed by atoms with Crippen LogP contribution < -0.4 is 4.74 Å². The number of ether oxygens (including phenoxy) is 1. The van der Waals surface area contributed by atoms with Gasteiger partial charge in [0.25, 0.3) is 0 Å². The molecule has 1 heterocycles. The highest BCUT2D eigenvalue weighted by Crippen LogP contribution is 2.29. The van der Waals surface area contributed by atoms with Gasteiger partial charge in [-0.15, -0.1) is 0 Å². The molecule has 0 aliphatic carbocycles. The quantitative estimate of drug-likeness (QED) is 0.303. The second-order valence-corrected chi connectivity index (χ2v) is 7.43. The average Bonchev–Trinajstić information content (AvgIpc) is 2.80. The lowest BCUT2D eigenvalue weighted by Gasteiger charge is -2.08. The number of aromatic nitrogens is 2. The van der Waals surface area contributed by atoms with Gasteiger partial charge in [0.15, 0.2) is 23.2 Å². The zero-order chi connectivity index (χ0) is 22.9. The molecule has 0 aliphatic heterocycles. The molecular weight excluding hydrogens is 410 g/mol. The van der Waals surface area contributed by atoms with Crippen molar-refractivity contribution in [2.45, 2.75) is 32.3 Å². The molecule has 0 amide bonds. The maximum atomic E-state index is 14.7. The Balaban J connectivity index is 1.72. The lowest BCUT2D eigenvalue weighted by Crippen LogP contribution is -1.97. The predicted octanol–water partition coefficient (Wildman–Crippen LogP) is 6.22. The Morgan fingerprint density at radius 1 is 1.03 bits per heavy atom. The fourth-order valence-electron chi connectivity index (χ4n) is 3.15. The molecular formula is C26H26F2N2O2. The number of allylic oxidation sites excluding steroid dienone is 1. The van der Waals surface area contributed by atoms with Crippen LogP contribution in [-0.4, -0.2) is 27.8 Å². The van der Waals surface area contributed by atoms with Crippen LogP contribution in [0.5, 0.6) is 5.75 Å². The van der Waals surface area contributed by atoms with Crippen molar-refractivity contribution in [1.29, 1.82) is 0 Å². The number of aliphatic hydroxyl groups excluding tert-OH is 1. The fraction of sp³-hybridized carbons (Fsp3) is 0.231. The van der Waals surface area contributed by atoms with Gasteiger partial charge in [-0.25, -0.2) is 18.7 Å². The summed E-state index contributed by atoms with van der Waals surface area (Å²) in [6.07, 6.45) is 9.96. The summed E-state index contributed by atoms with van der Waals surface area (Å²) in [5.74, 6) is -0.717. The Morgan fingerprint density at radius 3 is 2.38 bits per heavy atom. The molecule has 0 saturated heterocycles. The van der Waals surface area contributed by atoms with Crippen molar-refractivity contribution in [3.63, 3.8) is 0 Å². The molecule has 3 rings (SSSR count). The van der Waals surface area contributed by atoms with Crippen molar-refractivity contribution in [2.24, 2.45) is 0 Å². The standard InChI is InChI=1S/C26H26F2N2O2/c1-3-15-32-22-16-29-26(30-17-22)21-11-9-19(10-12-21)23-14-13-20(24(27)25(23)28)8-6-4-5-7-18(2)31/h3,6,8-14,16-18,31H,1,4-5,7,15H2,2H3. The van der Waals surface area contributed by atoms with E-state index in [1.165, 1.54) is 0 Å². The highest BCUT2D eigenvalue weighted by atomic mass is 19.2. The van der Waals surface area contributed by atoms with Gasteiger partial charge in [-0.1, -0.05) is 61.2 Å². The van der Waals surface area contributed by atoms with Gasteiger partial charge in [-0.3, -0.25) is 0 Å². The summed E-state index contributed by atoms with van der Waals surface area (Å²) < 4.78 is 34.6. The first-order valence-electron chi connectivity index (χ1n) is 10.5. The van der Waals surface area contributed by atoms with Crippen molar-refractivity contribution >= 4 is 6.08 Å². The molecule has 0 spiro atoms. The normalized spacial score (nSPS) is 12.1. The Morgan fingerprint density at radius 2 is 1.72 bits per heavy atom. The van der Waals surface area contributed by atoms with E-state index in [-0.39, 0.29) is 17.2 Å². The zero-order valence-corrected chi connectivity index (χ0v) is 18.0. The van der Waals surface area contributed by atoms with Crippen molar-refractivity contribution in [1.82, 2.24) is 9.97 Å². The molecule has 166 valence electrons. The second-order valence-electron chi connectivity index (χ2n) is 7.43. The molecule has 0 bridgehead atoms. The molecule has 0 aliphatic rings. The number of benzene rings is 2. The third-order valence-electron chi connectivity index (χ3n) is 4.85. The summed E-state index contributed by atoms with van der Waals surface area (Å²) in [6.45, 7) is 5.69. The van der Waals surface area contributed by atoms with E-state index in [1.807, 2.05) is 0 Å². The number of aliphatic hydroxyl groups is 1. The van der Waals surface area contributed by atoms with Crippen molar-refractivity contribution in [3.8, 4) is 28.3 Å². The third kappa shape index (κ3) is 6.08. The highest BCUT2D eigenvalue weighted by molar-refractivity contribution is 5.70. The minimum atomic E-state index is -0.885. The summed E-state index contributed by atoms with van der Waals surface area (Å²) >= 11 is 0. The topological polar surface area (TPSA) is 55.2 Å². The first kappa shape index (κ1) is 23.3. The van der Waals surface area contributed by atoms with E-state index >= 15 is 0 Å². The number of rotatable bonds is 10. The van der Waals surface area contributed by atoms with Gasteiger partial charge in [0, 0.05) is 16.7 Å². The molecule has 32 heavy (non-hydrogen) atoms. The lowest BCUT2D eigenvalue weighted by atomic mass is 10.0. The molecule has 1 aromatic heterocycles. The molecule has 1 atom stereocenters. The lowest BCUT2D eigenvalue weighted by molar-refractivity contribution is 0.182. The maximum absolute atomic E-state index is 14.7. The van der Waals surface area contributed by atoms with Gasteiger partial charge < -0.3 is 9.84 Å². The molecule has 2 aromatic carbocycles. The van der Waals surface area contributed by atoms with Crippen LogP contribution in [0.4, 0.5) is 8.78 Å². The molecule has 0 fully saturated rings. The SMILES string of the molecule is C=CCOc1cnc(-c2ccc(-c3ccc(C=CCCCC(C)O)c(F)c3F)cc2)nc1. The van der Waals surface area contributed by atoms with Crippen LogP contribution in [0.25, 0.3) is 28.6 Å². The van der Waals surface area contributed by atoms with E-state index in [2.05, 4.69) is 16.5 Å². The van der Waals surface area contributed by atoms with Crippen LogP contribution in [0.1, 0.15) is 31.7 Å². The Labute approximate surface area is 186 Å². The van der Waals surface area contributed by atoms with Gasteiger partial charge in [-0.05, 0) is 31.7 Å². The first-order valence-corrected chi connectivity index (χ1v) is 10.5. The predicted molar refractivity (Wildman–Crippen MR) is 123 cm³/mol. The van der Waals surface area contributed by atoms with Gasteiger partial charge >= 0.3 is 0 Å². The van der Waals surface area contributed by atoms with E-state index in [0.717, 1.165) is 12.0 Å². The second kappa shape index (κ2) is 11.3. The maximum Gasteiger partial charge on any atom is 0.167 e. The summed E-state index contributed by atoms with van der Waals surface area (Å²) in [5, 5.41) is 9.26. The van der Waals surface area contributed by atoms with Gasteiger partial charge in [0.1, 0.15) is 6.61 Å². The van der Waals surface area contributed by atoms with Crippen LogP contribution >= 0.6 is 0 Å². The molecule has 3 aromatic rings. The Hall–Kier alpha value is -3.38. The number of hydrogen-bond donors (Lipinski definition) is 1. The number of hydrogen-bond acceptors (Lipinski definition) is 4. The molecule has 6 heteroatoms. The molecule has 1 N–H and O–H groups in total. The molecule has 4 nitrogen and oxygen atoms in total. The van der Waals surface area contributed by atoms with E-state index in [0.29, 0.717) is 36.6 Å². The van der Waals surface area contributed by atoms with Crippen molar-refractivity contribution in [2.75, 3.05) is 6.61 Å². The molecule has 0 saturated carbocycles. The van der Waals surface area contributed by atoms with Crippen LogP contribution in [0.3, 0.4) is 0 Å². The summed E-state index contributed by atoms with van der Waals surface area (Å²) in [4.78, 5) is 8.55. The first-order chi connectivity index (χ1) is 15.5. The molecule has 0 radical (unpaired) electrons. The monoisotopic (exact) mass is 436 g/mol. The van der Waals surface area contributed by atoms with E-state index in [1.54, 1.807) is 73.9 Å². The van der Waals surface area contributed by atoms with E-state index in [4.69, 9.17) is 4.74 Å². The van der Waals surface area contributed by atoms with Crippen LogP contribution in [0.15, 0.2) is 67.5 Å². The zero-order valence-electron chi connectivity index (χ0n) is 18.0. The fourth-order valence-corrected chi connectivity index (χ4v) is 3.15. The van der Waals surface area contributed by atoms with Crippen molar-refractivity contribution in [3.05, 3.63) is 84.7 Å². The summed E-state index contributed by atoms with van der Waals surface area (Å²) in [7, 11) is 0.